The fourth-order valence-electron chi connectivity index (χ4n) is 2.87. The highest BCUT2D eigenvalue weighted by atomic mass is 16.6. The first-order valence-electron chi connectivity index (χ1n) is 7.45. The third-order valence-electron chi connectivity index (χ3n) is 4.23. The van der Waals surface area contributed by atoms with E-state index >= 15 is 0 Å². The predicted octanol–water partition coefficient (Wildman–Crippen LogP) is 1.72. The van der Waals surface area contributed by atoms with E-state index in [9.17, 15) is 10.1 Å². The molecule has 2 fully saturated rings. The molecule has 0 radical (unpaired) electrons. The zero-order valence-corrected chi connectivity index (χ0v) is 12.2. The summed E-state index contributed by atoms with van der Waals surface area (Å²) in [6.45, 7) is 2.44. The van der Waals surface area contributed by atoms with Crippen LogP contribution < -0.4 is 5.32 Å². The highest BCUT2D eigenvalue weighted by Crippen LogP contribution is 2.30. The van der Waals surface area contributed by atoms with Gasteiger partial charge in [-0.25, -0.2) is 0 Å². The van der Waals surface area contributed by atoms with Crippen molar-refractivity contribution in [1.29, 1.82) is 0 Å². The molecule has 1 N–H and O–H groups in total. The summed E-state index contributed by atoms with van der Waals surface area (Å²) in [6.07, 6.45) is 2.60. The Morgan fingerprint density at radius 2 is 2.10 bits per heavy atom. The van der Waals surface area contributed by atoms with Gasteiger partial charge in [-0.05, 0) is 25.5 Å². The van der Waals surface area contributed by atoms with Crippen LogP contribution in [0.1, 0.15) is 24.4 Å². The van der Waals surface area contributed by atoms with Gasteiger partial charge in [0.05, 0.1) is 23.7 Å². The lowest BCUT2D eigenvalue weighted by molar-refractivity contribution is -0.384. The number of nitrogens with one attached hydrogen (secondary N) is 1. The molecule has 114 valence electrons. The standard InChI is InChI=1S/C15H21N3O3/c1-17-8-9-21-14(10-16-12-4-5-12)15(17)11-2-6-13(7-3-11)18(19)20/h2-3,6-7,12,14-16H,4-5,8-10H2,1H3. The minimum atomic E-state index is -0.364. The van der Waals surface area contributed by atoms with Crippen molar-refractivity contribution in [2.45, 2.75) is 31.0 Å². The zero-order valence-electron chi connectivity index (χ0n) is 12.2. The van der Waals surface area contributed by atoms with Gasteiger partial charge in [-0.2, -0.15) is 0 Å². The largest absolute Gasteiger partial charge is 0.374 e. The number of rotatable bonds is 5. The van der Waals surface area contributed by atoms with Crippen LogP contribution in [-0.2, 0) is 4.74 Å². The van der Waals surface area contributed by atoms with Crippen molar-refractivity contribution in [3.05, 3.63) is 39.9 Å². The van der Waals surface area contributed by atoms with Crippen LogP contribution in [0.3, 0.4) is 0 Å². The van der Waals surface area contributed by atoms with Crippen molar-refractivity contribution in [2.75, 3.05) is 26.7 Å². The Labute approximate surface area is 124 Å². The summed E-state index contributed by atoms with van der Waals surface area (Å²) in [6, 6.07) is 7.63. The van der Waals surface area contributed by atoms with Crippen LogP contribution in [0, 0.1) is 10.1 Å². The van der Waals surface area contributed by atoms with Gasteiger partial charge in [0, 0.05) is 31.3 Å². The van der Waals surface area contributed by atoms with E-state index < -0.39 is 0 Å². The van der Waals surface area contributed by atoms with Crippen molar-refractivity contribution in [1.82, 2.24) is 10.2 Å². The fourth-order valence-corrected chi connectivity index (χ4v) is 2.87. The number of nitro benzene ring substituents is 1. The van der Waals surface area contributed by atoms with Crippen LogP contribution in [0.5, 0.6) is 0 Å². The van der Waals surface area contributed by atoms with Crippen LogP contribution in [0.15, 0.2) is 24.3 Å². The molecular weight excluding hydrogens is 270 g/mol. The van der Waals surface area contributed by atoms with E-state index in [4.69, 9.17) is 4.74 Å². The monoisotopic (exact) mass is 291 g/mol. The van der Waals surface area contributed by atoms with Gasteiger partial charge >= 0.3 is 0 Å². The van der Waals surface area contributed by atoms with Crippen molar-refractivity contribution in [3.8, 4) is 0 Å². The summed E-state index contributed by atoms with van der Waals surface area (Å²) < 4.78 is 5.93. The average molecular weight is 291 g/mol. The molecule has 6 heteroatoms. The van der Waals surface area contributed by atoms with E-state index in [1.54, 1.807) is 12.1 Å². The molecule has 21 heavy (non-hydrogen) atoms. The van der Waals surface area contributed by atoms with E-state index in [-0.39, 0.29) is 22.8 Å². The SMILES string of the molecule is CN1CCOC(CNC2CC2)C1c1ccc([N+](=O)[O-])cc1. The van der Waals surface area contributed by atoms with Crippen LogP contribution in [0.4, 0.5) is 5.69 Å². The van der Waals surface area contributed by atoms with Gasteiger partial charge in [-0.3, -0.25) is 15.0 Å². The number of morpholine rings is 1. The molecule has 1 aliphatic heterocycles. The molecule has 2 atom stereocenters. The molecule has 0 amide bonds. The van der Waals surface area contributed by atoms with Crippen molar-refractivity contribution >= 4 is 5.69 Å². The molecule has 3 rings (SSSR count). The van der Waals surface area contributed by atoms with Crippen LogP contribution >= 0.6 is 0 Å². The highest BCUT2D eigenvalue weighted by molar-refractivity contribution is 5.34. The Morgan fingerprint density at radius 1 is 1.38 bits per heavy atom. The molecular formula is C15H21N3O3. The molecule has 2 aliphatic rings. The first kappa shape index (κ1) is 14.4. The summed E-state index contributed by atoms with van der Waals surface area (Å²) in [5.41, 5.74) is 1.20. The van der Waals surface area contributed by atoms with E-state index in [1.165, 1.54) is 12.8 Å². The van der Waals surface area contributed by atoms with Crippen LogP contribution in [-0.4, -0.2) is 48.7 Å². The average Bonchev–Trinajstić information content (AvgIpc) is 3.29. The number of benzene rings is 1. The molecule has 2 unspecified atom stereocenters. The molecule has 1 heterocycles. The highest BCUT2D eigenvalue weighted by Gasteiger charge is 2.33. The molecule has 1 saturated heterocycles. The summed E-state index contributed by atoms with van der Waals surface area (Å²) in [7, 11) is 2.08. The van der Waals surface area contributed by atoms with Gasteiger partial charge < -0.3 is 10.1 Å². The minimum Gasteiger partial charge on any atom is -0.374 e. The maximum absolute atomic E-state index is 10.8. The van der Waals surface area contributed by atoms with E-state index in [0.29, 0.717) is 6.04 Å². The third kappa shape index (κ3) is 3.40. The maximum Gasteiger partial charge on any atom is 0.269 e. The molecule has 0 bridgehead atoms. The molecule has 6 nitrogen and oxygen atoms in total. The van der Waals surface area contributed by atoms with Gasteiger partial charge in [0.1, 0.15) is 0 Å². The van der Waals surface area contributed by atoms with Crippen molar-refractivity contribution in [3.63, 3.8) is 0 Å². The second kappa shape index (κ2) is 6.09. The van der Waals surface area contributed by atoms with Crippen LogP contribution in [0.25, 0.3) is 0 Å². The Morgan fingerprint density at radius 3 is 2.71 bits per heavy atom. The molecule has 1 aromatic rings. The van der Waals surface area contributed by atoms with Gasteiger partial charge in [0.15, 0.2) is 0 Å². The van der Waals surface area contributed by atoms with Gasteiger partial charge in [-0.1, -0.05) is 12.1 Å². The van der Waals surface area contributed by atoms with E-state index in [1.807, 2.05) is 12.1 Å². The van der Waals surface area contributed by atoms with Gasteiger partial charge in [0.2, 0.25) is 0 Å². The topological polar surface area (TPSA) is 67.6 Å². The maximum atomic E-state index is 10.8. The first-order valence-corrected chi connectivity index (χ1v) is 7.45. The Balaban J connectivity index is 1.75. The number of nitro groups is 1. The summed E-state index contributed by atoms with van der Waals surface area (Å²) in [5, 5.41) is 14.3. The molecule has 1 saturated carbocycles. The van der Waals surface area contributed by atoms with E-state index in [2.05, 4.69) is 17.3 Å². The Bertz CT molecular complexity index is 501. The quantitative estimate of drug-likeness (QED) is 0.661. The number of ether oxygens (including phenoxy) is 1. The number of hydrogen-bond donors (Lipinski definition) is 1. The number of non-ortho nitro benzene ring substituents is 1. The molecule has 0 aromatic heterocycles. The first-order chi connectivity index (χ1) is 10.1. The Kier molecular flexibility index (Phi) is 4.19. The molecule has 0 spiro atoms. The Hall–Kier alpha value is -1.50. The third-order valence-corrected chi connectivity index (χ3v) is 4.23. The van der Waals surface area contributed by atoms with Crippen molar-refractivity contribution in [2.24, 2.45) is 0 Å². The summed E-state index contributed by atoms with van der Waals surface area (Å²) in [5.74, 6) is 0. The number of likely N-dealkylation sites (N-methyl/N-ethyl adjacent to an activating group) is 1. The van der Waals surface area contributed by atoms with Crippen LogP contribution in [0.2, 0.25) is 0 Å². The summed E-state index contributed by atoms with van der Waals surface area (Å²) >= 11 is 0. The summed E-state index contributed by atoms with van der Waals surface area (Å²) in [4.78, 5) is 12.7. The predicted molar refractivity (Wildman–Crippen MR) is 79.2 cm³/mol. The number of hydrogen-bond acceptors (Lipinski definition) is 5. The molecule has 1 aliphatic carbocycles. The van der Waals surface area contributed by atoms with Crippen molar-refractivity contribution < 1.29 is 9.66 Å². The fraction of sp³-hybridized carbons (Fsp3) is 0.600. The van der Waals surface area contributed by atoms with E-state index in [0.717, 1.165) is 25.3 Å². The second-order valence-corrected chi connectivity index (χ2v) is 5.87. The molecule has 1 aromatic carbocycles. The smallest absolute Gasteiger partial charge is 0.269 e. The second-order valence-electron chi connectivity index (χ2n) is 5.87. The lowest BCUT2D eigenvalue weighted by Gasteiger charge is -2.39. The minimum absolute atomic E-state index is 0.0887. The normalized spacial score (nSPS) is 26.7. The zero-order chi connectivity index (χ0) is 14.8. The lowest BCUT2D eigenvalue weighted by Crippen LogP contribution is -2.47. The van der Waals surface area contributed by atoms with Gasteiger partial charge in [0.25, 0.3) is 5.69 Å². The lowest BCUT2D eigenvalue weighted by atomic mass is 9.98. The van der Waals surface area contributed by atoms with Gasteiger partial charge in [-0.15, -0.1) is 0 Å². The number of nitrogens with zero attached hydrogens (tertiary/aromatic N) is 2.